The van der Waals surface area contributed by atoms with Gasteiger partial charge in [-0.15, -0.1) is 0 Å². The minimum atomic E-state index is -4.42. The Bertz CT molecular complexity index is 1910. The van der Waals surface area contributed by atoms with Crippen LogP contribution < -0.4 is 14.8 Å². The van der Waals surface area contributed by atoms with Crippen molar-refractivity contribution in [2.24, 2.45) is 0 Å². The lowest BCUT2D eigenvalue weighted by molar-refractivity contribution is 0.0286. The molecular formula is C34H33ClF2N4O5S. The topological polar surface area (TPSA) is 94.4 Å². The van der Waals surface area contributed by atoms with Crippen LogP contribution in [0.3, 0.4) is 0 Å². The van der Waals surface area contributed by atoms with Crippen LogP contribution in [0.1, 0.15) is 16.8 Å². The lowest BCUT2D eigenvalue weighted by Gasteiger charge is -2.24. The van der Waals surface area contributed by atoms with E-state index in [9.17, 15) is 8.42 Å². The predicted molar refractivity (Wildman–Crippen MR) is 174 cm³/mol. The molecule has 246 valence electrons. The zero-order valence-electron chi connectivity index (χ0n) is 25.8. The summed E-state index contributed by atoms with van der Waals surface area (Å²) in [7, 11) is -1.35. The molecule has 9 nitrogen and oxygen atoms in total. The molecule has 0 amide bonds. The molecule has 0 bridgehead atoms. The predicted octanol–water partition coefficient (Wildman–Crippen LogP) is 5.87. The van der Waals surface area contributed by atoms with Crippen molar-refractivity contribution in [3.63, 3.8) is 0 Å². The minimum absolute atomic E-state index is 0.0497. The van der Waals surface area contributed by atoms with Crippen molar-refractivity contribution in [3.05, 3.63) is 112 Å². The number of imidazole rings is 1. The molecule has 47 heavy (non-hydrogen) atoms. The molecule has 1 saturated heterocycles. The maximum Gasteiger partial charge on any atom is 0.243 e. The molecule has 1 atom stereocenters. The molecule has 0 radical (unpaired) electrons. The number of pyridine rings is 1. The largest absolute Gasteiger partial charge is 0.497 e. The van der Waals surface area contributed by atoms with Gasteiger partial charge in [-0.1, -0.05) is 35.9 Å². The summed E-state index contributed by atoms with van der Waals surface area (Å²) in [6.45, 7) is 1.65. The number of fused-ring (bicyclic) bond motifs is 1. The van der Waals surface area contributed by atoms with Crippen LogP contribution >= 0.6 is 11.6 Å². The Morgan fingerprint density at radius 3 is 2.09 bits per heavy atom. The zero-order valence-corrected chi connectivity index (χ0v) is 27.3. The highest BCUT2D eigenvalue weighted by Gasteiger charge is 2.30. The normalized spacial score (nSPS) is 15.3. The molecule has 1 aliphatic heterocycles. The van der Waals surface area contributed by atoms with Crippen LogP contribution in [-0.2, 0) is 34.3 Å². The summed E-state index contributed by atoms with van der Waals surface area (Å²) in [6.07, 6.45) is 1.74. The fourth-order valence-electron chi connectivity index (χ4n) is 5.60. The van der Waals surface area contributed by atoms with E-state index in [1.807, 2.05) is 0 Å². The Labute approximate surface area is 276 Å². The minimum Gasteiger partial charge on any atom is -0.497 e. The van der Waals surface area contributed by atoms with E-state index in [1.165, 1.54) is 18.5 Å². The van der Waals surface area contributed by atoms with Crippen LogP contribution in [0, 0.1) is 11.6 Å². The van der Waals surface area contributed by atoms with Gasteiger partial charge in [-0.3, -0.25) is 0 Å². The first-order valence-electron chi connectivity index (χ1n) is 14.9. The molecule has 6 rings (SSSR count). The summed E-state index contributed by atoms with van der Waals surface area (Å²) in [6, 6.07) is 18.8. The number of morpholine rings is 1. The van der Waals surface area contributed by atoms with Gasteiger partial charge in [0, 0.05) is 49.9 Å². The SMILES string of the molecule is COc1ccc(CN(Cc2ccc(OC)cc2)S(=O)(=O)c2cc(F)c(-c3nc4cc(Cl)ccn4c3C[C@H]3CNCCO3)c(F)c2)cc1. The zero-order chi connectivity index (χ0) is 33.1. The molecular weight excluding hydrogens is 650 g/mol. The van der Waals surface area contributed by atoms with E-state index in [1.54, 1.807) is 71.3 Å². The Kier molecular flexibility index (Phi) is 9.76. The van der Waals surface area contributed by atoms with Crippen LogP contribution in [0.15, 0.2) is 83.9 Å². The highest BCUT2D eigenvalue weighted by molar-refractivity contribution is 7.89. The van der Waals surface area contributed by atoms with Gasteiger partial charge < -0.3 is 23.9 Å². The number of sulfonamides is 1. The summed E-state index contributed by atoms with van der Waals surface area (Å²) in [5, 5.41) is 3.67. The van der Waals surface area contributed by atoms with Crippen molar-refractivity contribution in [2.45, 2.75) is 30.5 Å². The lowest BCUT2D eigenvalue weighted by Crippen LogP contribution is -2.39. The summed E-state index contributed by atoms with van der Waals surface area (Å²) in [5.41, 5.74) is 1.85. The van der Waals surface area contributed by atoms with Gasteiger partial charge in [0.25, 0.3) is 0 Å². The van der Waals surface area contributed by atoms with Crippen LogP contribution in [0.4, 0.5) is 8.78 Å². The number of hydrogen-bond acceptors (Lipinski definition) is 7. The third-order valence-electron chi connectivity index (χ3n) is 8.04. The average molecular weight is 683 g/mol. The quantitative estimate of drug-likeness (QED) is 0.186. The smallest absolute Gasteiger partial charge is 0.243 e. The van der Waals surface area contributed by atoms with E-state index in [2.05, 4.69) is 10.3 Å². The number of halogens is 3. The van der Waals surface area contributed by atoms with Gasteiger partial charge in [-0.2, -0.15) is 4.31 Å². The van der Waals surface area contributed by atoms with Gasteiger partial charge in [-0.25, -0.2) is 22.2 Å². The number of hydrogen-bond donors (Lipinski definition) is 1. The maximum absolute atomic E-state index is 16.1. The number of benzene rings is 3. The Morgan fingerprint density at radius 1 is 0.957 bits per heavy atom. The van der Waals surface area contributed by atoms with Gasteiger partial charge in [0.15, 0.2) is 0 Å². The average Bonchev–Trinajstić information content (AvgIpc) is 3.41. The van der Waals surface area contributed by atoms with Crippen molar-refractivity contribution in [2.75, 3.05) is 33.9 Å². The lowest BCUT2D eigenvalue weighted by atomic mass is 10.0. The Morgan fingerprint density at radius 2 is 1.55 bits per heavy atom. The highest BCUT2D eigenvalue weighted by atomic mass is 35.5. The standard InChI is InChI=1S/C34H33ClF2N4O5S/c1-44-25-7-3-22(4-8-25)20-40(21-23-5-9-26(45-2)10-6-23)47(42,43)28-17-29(36)33(30(37)18-28)34-31(16-27-19-38-12-14-46-27)41-13-11-24(35)15-32(41)39-34/h3-11,13,15,17-18,27,38H,12,14,16,19-21H2,1-2H3/t27-/m0/s1. The number of nitrogens with one attached hydrogen (secondary N) is 1. The number of methoxy groups -OCH3 is 2. The molecule has 1 aliphatic rings. The van der Waals surface area contributed by atoms with E-state index < -0.39 is 32.1 Å². The second-order valence-electron chi connectivity index (χ2n) is 11.1. The van der Waals surface area contributed by atoms with Gasteiger partial charge in [0.05, 0.1) is 48.8 Å². The van der Waals surface area contributed by atoms with Crippen LogP contribution in [0.5, 0.6) is 11.5 Å². The molecule has 0 saturated carbocycles. The fraction of sp³-hybridized carbons (Fsp3) is 0.265. The monoisotopic (exact) mass is 682 g/mol. The summed E-state index contributed by atoms with van der Waals surface area (Å²) in [4.78, 5) is 4.02. The van der Waals surface area contributed by atoms with Gasteiger partial charge in [0.1, 0.15) is 28.8 Å². The molecule has 13 heteroatoms. The van der Waals surface area contributed by atoms with Crippen LogP contribution in [0.2, 0.25) is 5.02 Å². The Hall–Kier alpha value is -4.07. The molecule has 1 N–H and O–H groups in total. The van der Waals surface area contributed by atoms with Crippen molar-refractivity contribution >= 4 is 27.3 Å². The van der Waals surface area contributed by atoms with Gasteiger partial charge in [0.2, 0.25) is 10.0 Å². The molecule has 0 spiro atoms. The molecule has 2 aromatic heterocycles. The molecule has 1 fully saturated rings. The number of rotatable bonds is 11. The first-order valence-corrected chi connectivity index (χ1v) is 16.7. The van der Waals surface area contributed by atoms with Crippen molar-refractivity contribution in [1.82, 2.24) is 19.0 Å². The molecule has 3 heterocycles. The third kappa shape index (κ3) is 7.12. The van der Waals surface area contributed by atoms with Gasteiger partial charge in [-0.05, 0) is 53.6 Å². The van der Waals surface area contributed by atoms with E-state index in [0.29, 0.717) is 65.1 Å². The van der Waals surface area contributed by atoms with Crippen molar-refractivity contribution in [3.8, 4) is 22.8 Å². The van der Waals surface area contributed by atoms with Crippen molar-refractivity contribution < 1.29 is 31.4 Å². The number of ether oxygens (including phenoxy) is 3. The van der Waals surface area contributed by atoms with Crippen molar-refractivity contribution in [1.29, 1.82) is 0 Å². The summed E-state index contributed by atoms with van der Waals surface area (Å²) >= 11 is 6.21. The van der Waals surface area contributed by atoms with Crippen LogP contribution in [0.25, 0.3) is 16.9 Å². The fourth-order valence-corrected chi connectivity index (χ4v) is 7.20. The first kappa shape index (κ1) is 32.9. The second-order valence-corrected chi connectivity index (χ2v) is 13.5. The Balaban J connectivity index is 1.39. The third-order valence-corrected chi connectivity index (χ3v) is 10.0. The summed E-state index contributed by atoms with van der Waals surface area (Å²) < 4.78 is 79.7. The van der Waals surface area contributed by atoms with E-state index >= 15 is 8.78 Å². The highest BCUT2D eigenvalue weighted by Crippen LogP contribution is 2.34. The van der Waals surface area contributed by atoms with Crippen LogP contribution in [-0.4, -0.2) is 62.1 Å². The maximum atomic E-state index is 16.1. The first-order chi connectivity index (χ1) is 22.7. The number of aromatic nitrogens is 2. The second kappa shape index (κ2) is 14.0. The van der Waals surface area contributed by atoms with E-state index in [0.717, 1.165) is 12.1 Å². The van der Waals surface area contributed by atoms with E-state index in [-0.39, 0.29) is 24.9 Å². The summed E-state index contributed by atoms with van der Waals surface area (Å²) in [5.74, 6) is -0.900. The number of nitrogens with zero attached hydrogens (tertiary/aromatic N) is 3. The molecule has 0 aliphatic carbocycles. The molecule has 3 aromatic carbocycles. The molecule has 0 unspecified atom stereocenters. The van der Waals surface area contributed by atoms with E-state index in [4.69, 9.17) is 25.8 Å². The van der Waals surface area contributed by atoms with Gasteiger partial charge >= 0.3 is 0 Å². The molecule has 5 aromatic rings.